The molecule has 126 valence electrons. The summed E-state index contributed by atoms with van der Waals surface area (Å²) in [5.41, 5.74) is 6.32. The summed E-state index contributed by atoms with van der Waals surface area (Å²) in [6, 6.07) is 3.45. The zero-order valence-corrected chi connectivity index (χ0v) is 13.7. The van der Waals surface area contributed by atoms with Crippen LogP contribution in [0.2, 0.25) is 0 Å². The number of methoxy groups -OCH3 is 2. The van der Waals surface area contributed by atoms with Gasteiger partial charge in [0.1, 0.15) is 0 Å². The van der Waals surface area contributed by atoms with Crippen LogP contribution in [0.25, 0.3) is 0 Å². The molecule has 0 radical (unpaired) electrons. The fourth-order valence-corrected chi connectivity index (χ4v) is 2.02. The quantitative estimate of drug-likeness (QED) is 0.770. The minimum absolute atomic E-state index is 0.130. The summed E-state index contributed by atoms with van der Waals surface area (Å²) in [4.78, 5) is 35.6. The maximum Gasteiger partial charge on any atom is 0.339 e. The Kier molecular flexibility index (Phi) is 6.71. The SMILES string of the molecule is COC(=O)c1ccc(C(=O)OC)c(NC(=O)[C@@H](N)CC(C)C)c1. The number of rotatable bonds is 6. The number of carbonyl (C=O) groups excluding carboxylic acids is 3. The maximum absolute atomic E-state index is 12.2. The number of hydrogen-bond acceptors (Lipinski definition) is 6. The van der Waals surface area contributed by atoms with Crippen LogP contribution in [0.5, 0.6) is 0 Å². The molecule has 1 rings (SSSR count). The Morgan fingerprint density at radius 1 is 1.13 bits per heavy atom. The second kappa shape index (κ2) is 8.28. The molecule has 23 heavy (non-hydrogen) atoms. The highest BCUT2D eigenvalue weighted by Crippen LogP contribution is 2.20. The third-order valence-electron chi connectivity index (χ3n) is 3.17. The fourth-order valence-electron chi connectivity index (χ4n) is 2.02. The Balaban J connectivity index is 3.11. The van der Waals surface area contributed by atoms with Crippen molar-refractivity contribution in [1.82, 2.24) is 0 Å². The van der Waals surface area contributed by atoms with E-state index in [4.69, 9.17) is 5.73 Å². The lowest BCUT2D eigenvalue weighted by molar-refractivity contribution is -0.117. The van der Waals surface area contributed by atoms with E-state index in [1.807, 2.05) is 13.8 Å². The highest BCUT2D eigenvalue weighted by atomic mass is 16.5. The van der Waals surface area contributed by atoms with E-state index >= 15 is 0 Å². The molecule has 0 saturated carbocycles. The predicted molar refractivity (Wildman–Crippen MR) is 85.2 cm³/mol. The van der Waals surface area contributed by atoms with Gasteiger partial charge in [-0.3, -0.25) is 4.79 Å². The van der Waals surface area contributed by atoms with E-state index in [9.17, 15) is 14.4 Å². The van der Waals surface area contributed by atoms with Crippen LogP contribution in [0.4, 0.5) is 5.69 Å². The zero-order chi connectivity index (χ0) is 17.6. The van der Waals surface area contributed by atoms with Gasteiger partial charge >= 0.3 is 11.9 Å². The second-order valence-electron chi connectivity index (χ2n) is 5.47. The molecule has 1 aromatic rings. The van der Waals surface area contributed by atoms with E-state index in [0.717, 1.165) is 0 Å². The van der Waals surface area contributed by atoms with Crippen molar-refractivity contribution in [1.29, 1.82) is 0 Å². The molecule has 0 aromatic heterocycles. The minimum Gasteiger partial charge on any atom is -0.465 e. The zero-order valence-electron chi connectivity index (χ0n) is 13.7. The van der Waals surface area contributed by atoms with Gasteiger partial charge in [0.25, 0.3) is 0 Å². The first kappa shape index (κ1) is 18.6. The van der Waals surface area contributed by atoms with Gasteiger partial charge in [0.15, 0.2) is 0 Å². The average molecular weight is 322 g/mol. The van der Waals surface area contributed by atoms with E-state index < -0.39 is 23.9 Å². The third-order valence-corrected chi connectivity index (χ3v) is 3.17. The number of benzene rings is 1. The molecule has 0 saturated heterocycles. The number of anilines is 1. The van der Waals surface area contributed by atoms with Crippen molar-refractivity contribution in [2.45, 2.75) is 26.3 Å². The number of ether oxygens (including phenoxy) is 2. The van der Waals surface area contributed by atoms with Gasteiger partial charge in [-0.2, -0.15) is 0 Å². The number of hydrogen-bond donors (Lipinski definition) is 2. The summed E-state index contributed by atoms with van der Waals surface area (Å²) in [6.07, 6.45) is 0.496. The number of amides is 1. The van der Waals surface area contributed by atoms with Gasteiger partial charge in [-0.05, 0) is 30.5 Å². The van der Waals surface area contributed by atoms with Gasteiger partial charge in [-0.1, -0.05) is 13.8 Å². The smallest absolute Gasteiger partial charge is 0.339 e. The normalized spacial score (nSPS) is 11.7. The first-order chi connectivity index (χ1) is 10.8. The number of esters is 2. The molecule has 0 bridgehead atoms. The lowest BCUT2D eigenvalue weighted by Crippen LogP contribution is -2.37. The Labute approximate surface area is 135 Å². The third kappa shape index (κ3) is 5.07. The van der Waals surface area contributed by atoms with Crippen LogP contribution < -0.4 is 11.1 Å². The summed E-state index contributed by atoms with van der Waals surface area (Å²) >= 11 is 0. The van der Waals surface area contributed by atoms with Gasteiger partial charge < -0.3 is 20.5 Å². The van der Waals surface area contributed by atoms with Crippen LogP contribution in [0, 0.1) is 5.92 Å². The van der Waals surface area contributed by atoms with Crippen molar-refractivity contribution in [3.8, 4) is 0 Å². The summed E-state index contributed by atoms with van der Waals surface area (Å²) in [7, 11) is 2.47. The summed E-state index contributed by atoms with van der Waals surface area (Å²) in [6.45, 7) is 3.90. The summed E-state index contributed by atoms with van der Waals surface area (Å²) < 4.78 is 9.30. The molecule has 3 N–H and O–H groups in total. The molecule has 1 atom stereocenters. The van der Waals surface area contributed by atoms with E-state index in [-0.39, 0.29) is 22.7 Å². The molecule has 0 aliphatic carbocycles. The highest BCUT2D eigenvalue weighted by Gasteiger charge is 2.20. The number of carbonyl (C=O) groups is 3. The number of nitrogens with two attached hydrogens (primary N) is 1. The first-order valence-electron chi connectivity index (χ1n) is 7.17. The van der Waals surface area contributed by atoms with Crippen molar-refractivity contribution < 1.29 is 23.9 Å². The largest absolute Gasteiger partial charge is 0.465 e. The lowest BCUT2D eigenvalue weighted by atomic mass is 10.0. The second-order valence-corrected chi connectivity index (χ2v) is 5.47. The van der Waals surface area contributed by atoms with Gasteiger partial charge in [0, 0.05) is 0 Å². The Morgan fingerprint density at radius 2 is 1.74 bits per heavy atom. The molecule has 0 aliphatic rings. The standard InChI is InChI=1S/C16H22N2O5/c1-9(2)7-12(17)14(19)18-13-8-10(15(20)22-3)5-6-11(13)16(21)23-4/h5-6,8-9,12H,7,17H2,1-4H3,(H,18,19)/t12-/m0/s1. The van der Waals surface area contributed by atoms with Crippen LogP contribution in [0.15, 0.2) is 18.2 Å². The molecule has 1 amide bonds. The Bertz CT molecular complexity index is 598. The van der Waals surface area contributed by atoms with Crippen molar-refractivity contribution in [3.05, 3.63) is 29.3 Å². The van der Waals surface area contributed by atoms with E-state index in [1.54, 1.807) is 0 Å². The van der Waals surface area contributed by atoms with Crippen molar-refractivity contribution in [3.63, 3.8) is 0 Å². The van der Waals surface area contributed by atoms with Crippen molar-refractivity contribution in [2.75, 3.05) is 19.5 Å². The van der Waals surface area contributed by atoms with Gasteiger partial charge in [0.2, 0.25) is 5.91 Å². The summed E-state index contributed by atoms with van der Waals surface area (Å²) in [5, 5.41) is 2.58. The fraction of sp³-hybridized carbons (Fsp3) is 0.438. The molecule has 1 aromatic carbocycles. The predicted octanol–water partition coefficient (Wildman–Crippen LogP) is 1.57. The molecule has 0 fully saturated rings. The molecule has 7 nitrogen and oxygen atoms in total. The van der Waals surface area contributed by atoms with Crippen LogP contribution in [0.3, 0.4) is 0 Å². The van der Waals surface area contributed by atoms with Crippen molar-refractivity contribution in [2.24, 2.45) is 11.7 Å². The minimum atomic E-state index is -0.720. The Morgan fingerprint density at radius 3 is 2.26 bits per heavy atom. The Hall–Kier alpha value is -2.41. The molecule has 0 unspecified atom stereocenters. The highest BCUT2D eigenvalue weighted by molar-refractivity contribution is 6.04. The topological polar surface area (TPSA) is 108 Å². The molecule has 0 spiro atoms. The summed E-state index contributed by atoms with van der Waals surface area (Å²) in [5.74, 6) is -1.40. The van der Waals surface area contributed by atoms with Gasteiger partial charge in [-0.15, -0.1) is 0 Å². The van der Waals surface area contributed by atoms with Crippen molar-refractivity contribution >= 4 is 23.5 Å². The first-order valence-corrected chi connectivity index (χ1v) is 7.17. The van der Waals surface area contributed by atoms with E-state index in [0.29, 0.717) is 6.42 Å². The van der Waals surface area contributed by atoms with Crippen LogP contribution in [0.1, 0.15) is 41.0 Å². The average Bonchev–Trinajstić information content (AvgIpc) is 2.52. The van der Waals surface area contributed by atoms with Crippen LogP contribution in [-0.4, -0.2) is 38.1 Å². The molecule has 0 heterocycles. The van der Waals surface area contributed by atoms with E-state index in [2.05, 4.69) is 14.8 Å². The lowest BCUT2D eigenvalue weighted by Gasteiger charge is -2.16. The molecule has 7 heteroatoms. The molecule has 0 aliphatic heterocycles. The monoisotopic (exact) mass is 322 g/mol. The van der Waals surface area contributed by atoms with E-state index in [1.165, 1.54) is 32.4 Å². The maximum atomic E-state index is 12.2. The van der Waals surface area contributed by atoms with Crippen LogP contribution in [-0.2, 0) is 14.3 Å². The van der Waals surface area contributed by atoms with Gasteiger partial charge in [-0.25, -0.2) is 9.59 Å². The van der Waals surface area contributed by atoms with Gasteiger partial charge in [0.05, 0.1) is 37.1 Å². The molecular formula is C16H22N2O5. The number of nitrogens with one attached hydrogen (secondary N) is 1. The molecular weight excluding hydrogens is 300 g/mol. The van der Waals surface area contributed by atoms with Crippen LogP contribution >= 0.6 is 0 Å².